The summed E-state index contributed by atoms with van der Waals surface area (Å²) in [6.45, 7) is 17.0. The Balaban J connectivity index is 2.83. The van der Waals surface area contributed by atoms with Crippen LogP contribution in [0.15, 0.2) is 24.3 Å². The van der Waals surface area contributed by atoms with E-state index in [0.29, 0.717) is 19.3 Å². The minimum atomic E-state index is -2.04. The second-order valence-corrected chi connectivity index (χ2v) is 16.6. The van der Waals surface area contributed by atoms with Crippen molar-refractivity contribution in [1.82, 2.24) is 0 Å². The van der Waals surface area contributed by atoms with Crippen LogP contribution >= 0.6 is 0 Å². The van der Waals surface area contributed by atoms with Gasteiger partial charge in [0.2, 0.25) is 0 Å². The van der Waals surface area contributed by atoms with Gasteiger partial charge in [-0.15, -0.1) is 0 Å². The molecule has 1 rings (SSSR count). The van der Waals surface area contributed by atoms with Gasteiger partial charge in [-0.3, -0.25) is 9.59 Å². The monoisotopic (exact) mass is 508 g/mol. The van der Waals surface area contributed by atoms with E-state index in [0.717, 1.165) is 38.5 Å². The van der Waals surface area contributed by atoms with Gasteiger partial charge >= 0.3 is 5.97 Å². The van der Waals surface area contributed by atoms with Crippen molar-refractivity contribution < 1.29 is 23.9 Å². The molecule has 0 bridgehead atoms. The maximum absolute atomic E-state index is 13.0. The second-order valence-electron chi connectivity index (χ2n) is 11.9. The standard InChI is InChI=1S/C29H52O5Si/c1-9-10-13-16-23(30)19-20-25-24(17-14-11-12-15-18-28(32)33-22(2)3)26(31)21-27(25)34-35(7,8)29(4,5)6/h11,14,19-20,22-25,27,30H,9-10,12-13,15-18,21H2,1-8H3/b14-11-,20-19+/t23?,24-,25-,27-/m1/s1. The van der Waals surface area contributed by atoms with Crippen LogP contribution in [0.5, 0.6) is 0 Å². The van der Waals surface area contributed by atoms with E-state index in [1.165, 1.54) is 0 Å². The quantitative estimate of drug-likeness (QED) is 0.110. The molecule has 0 heterocycles. The molecule has 1 aliphatic carbocycles. The number of ketones is 1. The minimum Gasteiger partial charge on any atom is -0.463 e. The van der Waals surface area contributed by atoms with Crippen LogP contribution in [-0.2, 0) is 18.8 Å². The van der Waals surface area contributed by atoms with Gasteiger partial charge in [0, 0.05) is 24.7 Å². The maximum Gasteiger partial charge on any atom is 0.306 e. The van der Waals surface area contributed by atoms with Crippen LogP contribution in [0.4, 0.5) is 0 Å². The van der Waals surface area contributed by atoms with Crippen LogP contribution in [0, 0.1) is 11.8 Å². The first-order valence-corrected chi connectivity index (χ1v) is 16.6. The fraction of sp³-hybridized carbons (Fsp3) is 0.793. The van der Waals surface area contributed by atoms with Crippen LogP contribution in [-0.4, -0.2) is 43.5 Å². The zero-order valence-corrected chi connectivity index (χ0v) is 24.6. The average Bonchev–Trinajstić information content (AvgIpc) is 3.01. The zero-order valence-electron chi connectivity index (χ0n) is 23.6. The third kappa shape index (κ3) is 11.6. The number of carbonyl (C=O) groups is 2. The van der Waals surface area contributed by atoms with Crippen LogP contribution in [0.25, 0.3) is 0 Å². The lowest BCUT2D eigenvalue weighted by atomic mass is 9.90. The minimum absolute atomic E-state index is 0.0249. The molecular weight excluding hydrogens is 456 g/mol. The summed E-state index contributed by atoms with van der Waals surface area (Å²) in [5.74, 6) is -0.0733. The van der Waals surface area contributed by atoms with Crippen molar-refractivity contribution >= 4 is 20.1 Å². The molecule has 35 heavy (non-hydrogen) atoms. The molecule has 202 valence electrons. The average molecular weight is 509 g/mol. The molecule has 0 aromatic heterocycles. The summed E-state index contributed by atoms with van der Waals surface area (Å²) < 4.78 is 11.9. The highest BCUT2D eigenvalue weighted by Crippen LogP contribution is 2.42. The summed E-state index contributed by atoms with van der Waals surface area (Å²) in [7, 11) is -2.04. The SMILES string of the molecule is CCCCCC(O)/C=C/[C@H]1[C@H](O[Si](C)(C)C(C)(C)C)CC(=O)[C@@H]1C/C=C\CCCC(=O)OC(C)C. The van der Waals surface area contributed by atoms with E-state index in [1.807, 2.05) is 19.9 Å². The van der Waals surface area contributed by atoms with Crippen molar-refractivity contribution in [1.29, 1.82) is 0 Å². The molecule has 1 N–H and O–H groups in total. The topological polar surface area (TPSA) is 72.8 Å². The fourth-order valence-corrected chi connectivity index (χ4v) is 5.54. The molecule has 0 amide bonds. The predicted molar refractivity (Wildman–Crippen MR) is 147 cm³/mol. The van der Waals surface area contributed by atoms with Crippen LogP contribution in [0.3, 0.4) is 0 Å². The summed E-state index contributed by atoms with van der Waals surface area (Å²) in [6.07, 6.45) is 14.4. The molecule has 1 fully saturated rings. The first-order valence-electron chi connectivity index (χ1n) is 13.7. The van der Waals surface area contributed by atoms with E-state index in [4.69, 9.17) is 9.16 Å². The number of Topliss-reactive ketones (excluding diaryl/α,β-unsaturated/α-hetero) is 1. The normalized spacial score (nSPS) is 22.6. The summed E-state index contributed by atoms with van der Waals surface area (Å²) in [4.78, 5) is 24.7. The van der Waals surface area contributed by atoms with Gasteiger partial charge in [-0.1, -0.05) is 71.3 Å². The Hall–Kier alpha value is -1.24. The fourth-order valence-electron chi connectivity index (χ4n) is 4.18. The lowest BCUT2D eigenvalue weighted by molar-refractivity contribution is -0.147. The number of ether oxygens (including phenoxy) is 1. The molecule has 4 atom stereocenters. The number of carbonyl (C=O) groups excluding carboxylic acids is 2. The molecule has 0 spiro atoms. The molecule has 6 heteroatoms. The molecule has 1 unspecified atom stereocenters. The van der Waals surface area contributed by atoms with E-state index in [1.54, 1.807) is 0 Å². The van der Waals surface area contributed by atoms with Gasteiger partial charge < -0.3 is 14.3 Å². The number of rotatable bonds is 15. The third-order valence-electron chi connectivity index (χ3n) is 7.30. The highest BCUT2D eigenvalue weighted by molar-refractivity contribution is 6.74. The highest BCUT2D eigenvalue weighted by atomic mass is 28.4. The first kappa shape index (κ1) is 31.8. The number of aliphatic hydroxyl groups excluding tert-OH is 1. The van der Waals surface area contributed by atoms with Gasteiger partial charge in [0.05, 0.1) is 18.3 Å². The molecule has 0 radical (unpaired) electrons. The largest absolute Gasteiger partial charge is 0.463 e. The maximum atomic E-state index is 13.0. The first-order chi connectivity index (χ1) is 16.3. The number of aliphatic hydroxyl groups is 1. The number of unbranched alkanes of at least 4 members (excludes halogenated alkanes) is 3. The van der Waals surface area contributed by atoms with Crippen molar-refractivity contribution in [2.75, 3.05) is 0 Å². The van der Waals surface area contributed by atoms with Crippen molar-refractivity contribution in [3.63, 3.8) is 0 Å². The van der Waals surface area contributed by atoms with Crippen molar-refractivity contribution in [3.05, 3.63) is 24.3 Å². The van der Waals surface area contributed by atoms with Crippen molar-refractivity contribution in [3.8, 4) is 0 Å². The highest BCUT2D eigenvalue weighted by Gasteiger charge is 2.46. The Morgan fingerprint density at radius 1 is 1.17 bits per heavy atom. The van der Waals surface area contributed by atoms with Gasteiger partial charge in [0.15, 0.2) is 8.32 Å². The molecule has 1 aliphatic rings. The van der Waals surface area contributed by atoms with Crippen molar-refractivity contribution in [2.45, 2.75) is 136 Å². The summed E-state index contributed by atoms with van der Waals surface area (Å²) in [6, 6.07) is 0. The molecule has 1 saturated carbocycles. The Morgan fingerprint density at radius 2 is 1.86 bits per heavy atom. The Labute approximate surface area is 215 Å². The number of allylic oxidation sites excluding steroid dienone is 2. The Bertz CT molecular complexity index is 704. The van der Waals surface area contributed by atoms with Crippen LogP contribution in [0.1, 0.15) is 99.3 Å². The Kier molecular flexibility index (Phi) is 13.7. The van der Waals surface area contributed by atoms with Crippen molar-refractivity contribution in [2.24, 2.45) is 11.8 Å². The van der Waals surface area contributed by atoms with Gasteiger partial charge in [0.1, 0.15) is 5.78 Å². The summed E-state index contributed by atoms with van der Waals surface area (Å²) >= 11 is 0. The summed E-state index contributed by atoms with van der Waals surface area (Å²) in [5, 5.41) is 10.5. The number of hydrogen-bond donors (Lipinski definition) is 1. The van der Waals surface area contributed by atoms with Crippen LogP contribution < -0.4 is 0 Å². The molecular formula is C29H52O5Si. The van der Waals surface area contributed by atoms with Gasteiger partial charge in [-0.05, 0) is 57.7 Å². The van der Waals surface area contributed by atoms with E-state index < -0.39 is 14.4 Å². The second kappa shape index (κ2) is 15.1. The Morgan fingerprint density at radius 3 is 2.46 bits per heavy atom. The molecule has 0 saturated heterocycles. The lowest BCUT2D eigenvalue weighted by Gasteiger charge is -2.39. The van der Waals surface area contributed by atoms with Gasteiger partial charge in [0.25, 0.3) is 0 Å². The molecule has 5 nitrogen and oxygen atoms in total. The molecule has 0 aromatic carbocycles. The summed E-state index contributed by atoms with van der Waals surface area (Å²) in [5.41, 5.74) is 0. The molecule has 0 aromatic rings. The number of esters is 1. The predicted octanol–water partition coefficient (Wildman–Crippen LogP) is 7.15. The van der Waals surface area contributed by atoms with Gasteiger partial charge in [-0.2, -0.15) is 0 Å². The number of hydrogen-bond acceptors (Lipinski definition) is 5. The van der Waals surface area contributed by atoms with E-state index >= 15 is 0 Å². The lowest BCUT2D eigenvalue weighted by Crippen LogP contribution is -2.45. The zero-order chi connectivity index (χ0) is 26.6. The van der Waals surface area contributed by atoms with E-state index in [2.05, 4.69) is 59.0 Å². The molecule has 0 aliphatic heterocycles. The smallest absolute Gasteiger partial charge is 0.306 e. The third-order valence-corrected chi connectivity index (χ3v) is 11.8. The van der Waals surface area contributed by atoms with E-state index in [9.17, 15) is 14.7 Å². The van der Waals surface area contributed by atoms with Gasteiger partial charge in [-0.25, -0.2) is 0 Å². The van der Waals surface area contributed by atoms with Crippen LogP contribution in [0.2, 0.25) is 18.1 Å². The van der Waals surface area contributed by atoms with E-state index in [-0.39, 0.29) is 40.8 Å².